The fraction of sp³-hybridized carbons (Fsp3) is 0.944. The van der Waals surface area contributed by atoms with Crippen LogP contribution in [0.2, 0.25) is 0 Å². The Balaban J connectivity index is 1.66. The van der Waals surface area contributed by atoms with Gasteiger partial charge in [0.2, 0.25) is 0 Å². The number of aliphatic hydroxyl groups excluding tert-OH is 1. The lowest BCUT2D eigenvalue weighted by atomic mass is 9.73. The van der Waals surface area contributed by atoms with E-state index in [-0.39, 0.29) is 11.5 Å². The van der Waals surface area contributed by atoms with E-state index < -0.39 is 0 Å². The Hall–Kier alpha value is -0.810. The van der Waals surface area contributed by atoms with Gasteiger partial charge in [0.15, 0.2) is 5.96 Å². The number of rotatable bonds is 3. The van der Waals surface area contributed by atoms with Crippen LogP contribution in [-0.4, -0.2) is 61.5 Å². The maximum atomic E-state index is 10.4. The zero-order valence-corrected chi connectivity index (χ0v) is 14.8. The Labute approximate surface area is 140 Å². The number of hydrogen-bond donors (Lipinski definition) is 2. The summed E-state index contributed by atoms with van der Waals surface area (Å²) in [6, 6.07) is 0. The molecular weight excluding hydrogens is 290 g/mol. The average Bonchev–Trinajstić information content (AvgIpc) is 3.17. The third-order valence-corrected chi connectivity index (χ3v) is 6.13. The van der Waals surface area contributed by atoms with Crippen LogP contribution in [0.3, 0.4) is 0 Å². The highest BCUT2D eigenvalue weighted by Crippen LogP contribution is 2.39. The molecule has 1 saturated carbocycles. The summed E-state index contributed by atoms with van der Waals surface area (Å²) in [6.45, 7) is 9.85. The molecule has 5 nitrogen and oxygen atoms in total. The number of likely N-dealkylation sites (tertiary alicyclic amines) is 1. The normalized spacial score (nSPS) is 38.5. The van der Waals surface area contributed by atoms with Crippen LogP contribution in [0.5, 0.6) is 0 Å². The molecule has 2 saturated heterocycles. The van der Waals surface area contributed by atoms with E-state index in [1.54, 1.807) is 0 Å². The quantitative estimate of drug-likeness (QED) is 0.616. The highest BCUT2D eigenvalue weighted by molar-refractivity contribution is 5.80. The topological polar surface area (TPSA) is 57.1 Å². The molecule has 3 aliphatic rings. The molecule has 23 heavy (non-hydrogen) atoms. The summed E-state index contributed by atoms with van der Waals surface area (Å²) in [6.07, 6.45) is 6.54. The van der Waals surface area contributed by atoms with Crippen LogP contribution in [-0.2, 0) is 4.74 Å². The van der Waals surface area contributed by atoms with Crippen LogP contribution in [0.4, 0.5) is 0 Å². The van der Waals surface area contributed by atoms with Crippen molar-refractivity contribution < 1.29 is 9.84 Å². The van der Waals surface area contributed by atoms with E-state index >= 15 is 0 Å². The van der Waals surface area contributed by atoms with Crippen LogP contribution in [0.15, 0.2) is 4.99 Å². The summed E-state index contributed by atoms with van der Waals surface area (Å²) < 4.78 is 5.64. The van der Waals surface area contributed by atoms with Gasteiger partial charge in [-0.25, -0.2) is 0 Å². The summed E-state index contributed by atoms with van der Waals surface area (Å²) in [7, 11) is 0. The summed E-state index contributed by atoms with van der Waals surface area (Å²) >= 11 is 0. The van der Waals surface area contributed by atoms with Gasteiger partial charge in [-0.05, 0) is 32.6 Å². The number of aliphatic imine (C=N–C) groups is 1. The van der Waals surface area contributed by atoms with Crippen LogP contribution in [0, 0.1) is 10.8 Å². The monoisotopic (exact) mass is 323 g/mol. The van der Waals surface area contributed by atoms with Gasteiger partial charge >= 0.3 is 0 Å². The van der Waals surface area contributed by atoms with E-state index in [1.807, 2.05) is 0 Å². The number of nitrogens with zero attached hydrogens (tertiary/aromatic N) is 2. The number of ether oxygens (including phenoxy) is 1. The van der Waals surface area contributed by atoms with E-state index in [1.165, 1.54) is 19.3 Å². The van der Waals surface area contributed by atoms with Crippen molar-refractivity contribution in [3.63, 3.8) is 0 Å². The molecule has 0 amide bonds. The average molecular weight is 323 g/mol. The Morgan fingerprint density at radius 1 is 1.35 bits per heavy atom. The molecule has 2 N–H and O–H groups in total. The lowest BCUT2D eigenvalue weighted by Gasteiger charge is -2.37. The SMILES string of the molecule is CCNC(=NCC1(C)CCCCC1O)N1CCC2(CCOC2)C1. The molecule has 0 bridgehead atoms. The van der Waals surface area contributed by atoms with E-state index in [4.69, 9.17) is 9.73 Å². The van der Waals surface area contributed by atoms with Gasteiger partial charge in [0.25, 0.3) is 0 Å². The third-order valence-electron chi connectivity index (χ3n) is 6.13. The number of guanidine groups is 1. The number of aliphatic hydroxyl groups is 1. The van der Waals surface area contributed by atoms with Crippen molar-refractivity contribution >= 4 is 5.96 Å². The molecule has 132 valence electrons. The Bertz CT molecular complexity index is 434. The third kappa shape index (κ3) is 3.66. The molecule has 3 fully saturated rings. The van der Waals surface area contributed by atoms with Gasteiger partial charge in [-0.1, -0.05) is 19.8 Å². The highest BCUT2D eigenvalue weighted by atomic mass is 16.5. The minimum atomic E-state index is -0.212. The van der Waals surface area contributed by atoms with Gasteiger partial charge < -0.3 is 20.1 Å². The van der Waals surface area contributed by atoms with Gasteiger partial charge in [-0.2, -0.15) is 0 Å². The molecule has 2 heterocycles. The lowest BCUT2D eigenvalue weighted by molar-refractivity contribution is 0.00704. The van der Waals surface area contributed by atoms with Crippen molar-refractivity contribution in [2.75, 3.05) is 39.4 Å². The van der Waals surface area contributed by atoms with Crippen LogP contribution in [0.25, 0.3) is 0 Å². The first kappa shape index (κ1) is 17.0. The molecule has 0 aromatic carbocycles. The van der Waals surface area contributed by atoms with E-state index in [0.29, 0.717) is 5.41 Å². The highest BCUT2D eigenvalue weighted by Gasteiger charge is 2.42. The van der Waals surface area contributed by atoms with Gasteiger partial charge in [-0.3, -0.25) is 4.99 Å². The summed E-state index contributed by atoms with van der Waals surface area (Å²) in [5, 5.41) is 13.8. The van der Waals surface area contributed by atoms with Crippen molar-refractivity contribution in [2.45, 2.75) is 58.5 Å². The summed E-state index contributed by atoms with van der Waals surface area (Å²) in [5.74, 6) is 1.02. The first-order chi connectivity index (χ1) is 11.1. The number of nitrogens with one attached hydrogen (secondary N) is 1. The van der Waals surface area contributed by atoms with Crippen molar-refractivity contribution in [3.05, 3.63) is 0 Å². The van der Waals surface area contributed by atoms with Crippen molar-refractivity contribution in [1.82, 2.24) is 10.2 Å². The largest absolute Gasteiger partial charge is 0.392 e. The van der Waals surface area contributed by atoms with Gasteiger partial charge in [-0.15, -0.1) is 0 Å². The molecule has 3 rings (SSSR count). The van der Waals surface area contributed by atoms with Crippen molar-refractivity contribution in [1.29, 1.82) is 0 Å². The second-order valence-corrected chi connectivity index (χ2v) is 8.06. The van der Waals surface area contributed by atoms with Crippen LogP contribution in [0.1, 0.15) is 52.4 Å². The van der Waals surface area contributed by atoms with Crippen LogP contribution < -0.4 is 5.32 Å². The zero-order chi connectivity index (χ0) is 16.3. The first-order valence-electron chi connectivity index (χ1n) is 9.36. The Morgan fingerprint density at radius 2 is 2.22 bits per heavy atom. The predicted octanol–water partition coefficient (Wildman–Crippen LogP) is 2.01. The van der Waals surface area contributed by atoms with Gasteiger partial charge in [0.05, 0.1) is 19.3 Å². The second-order valence-electron chi connectivity index (χ2n) is 8.06. The maximum absolute atomic E-state index is 10.4. The summed E-state index contributed by atoms with van der Waals surface area (Å²) in [5.41, 5.74) is 0.289. The van der Waals surface area contributed by atoms with E-state index in [0.717, 1.165) is 64.6 Å². The zero-order valence-electron chi connectivity index (χ0n) is 14.8. The van der Waals surface area contributed by atoms with E-state index in [9.17, 15) is 5.11 Å². The summed E-state index contributed by atoms with van der Waals surface area (Å²) in [4.78, 5) is 7.33. The lowest BCUT2D eigenvalue weighted by Crippen LogP contribution is -2.43. The first-order valence-corrected chi connectivity index (χ1v) is 9.36. The maximum Gasteiger partial charge on any atom is 0.193 e. The van der Waals surface area contributed by atoms with Crippen LogP contribution >= 0.6 is 0 Å². The molecule has 3 atom stereocenters. The minimum Gasteiger partial charge on any atom is -0.392 e. The molecule has 0 radical (unpaired) electrons. The van der Waals surface area contributed by atoms with Crippen molar-refractivity contribution in [2.24, 2.45) is 15.8 Å². The molecule has 2 aliphatic heterocycles. The molecule has 3 unspecified atom stereocenters. The fourth-order valence-electron chi connectivity index (χ4n) is 4.33. The predicted molar refractivity (Wildman–Crippen MR) is 92.6 cm³/mol. The Morgan fingerprint density at radius 3 is 2.91 bits per heavy atom. The minimum absolute atomic E-state index is 0.0627. The van der Waals surface area contributed by atoms with Gasteiger partial charge in [0.1, 0.15) is 0 Å². The fourth-order valence-corrected chi connectivity index (χ4v) is 4.33. The van der Waals surface area contributed by atoms with Gasteiger partial charge in [0, 0.05) is 37.1 Å². The molecule has 5 heteroatoms. The molecule has 1 spiro atoms. The second kappa shape index (κ2) is 6.98. The number of hydrogen-bond acceptors (Lipinski definition) is 3. The van der Waals surface area contributed by atoms with Crippen molar-refractivity contribution in [3.8, 4) is 0 Å². The van der Waals surface area contributed by atoms with E-state index in [2.05, 4.69) is 24.1 Å². The Kier molecular flexibility index (Phi) is 5.16. The smallest absolute Gasteiger partial charge is 0.193 e. The molecule has 1 aliphatic carbocycles. The standard InChI is InChI=1S/C18H33N3O2/c1-3-19-16(20-12-17(2)7-5-4-6-15(17)22)21-10-8-18(13-21)9-11-23-14-18/h15,22H,3-14H2,1-2H3,(H,19,20). The molecule has 0 aromatic rings. The molecule has 0 aromatic heterocycles. The molecular formula is C18H33N3O2.